The molecule has 1 heterocycles. The molecule has 0 saturated heterocycles. The molecule has 0 aliphatic carbocycles. The number of amides is 3. The highest BCUT2D eigenvalue weighted by molar-refractivity contribution is 6.08. The Morgan fingerprint density at radius 2 is 1.53 bits per heavy atom. The predicted molar refractivity (Wildman–Crippen MR) is 115 cm³/mol. The van der Waals surface area contributed by atoms with Crippen LogP contribution in [0.15, 0.2) is 53.7 Å². The fraction of sp³-hybridized carbons (Fsp3) is 0.261. The number of nitrogens with zero attached hydrogens (tertiary/aromatic N) is 1. The number of ether oxygens (including phenoxy) is 4. The van der Waals surface area contributed by atoms with E-state index in [-0.39, 0.29) is 16.8 Å². The highest BCUT2D eigenvalue weighted by Crippen LogP contribution is 2.44. The van der Waals surface area contributed by atoms with Gasteiger partial charge in [0, 0.05) is 11.3 Å². The summed E-state index contributed by atoms with van der Waals surface area (Å²) in [6.45, 7) is 1.57. The Balaban J connectivity index is 2.28. The number of hydrogen-bond donors (Lipinski definition) is 1. The quantitative estimate of drug-likeness (QED) is 0.689. The number of hydrogen-bond acceptors (Lipinski definition) is 7. The van der Waals surface area contributed by atoms with Crippen LogP contribution >= 0.6 is 0 Å². The lowest BCUT2D eigenvalue weighted by molar-refractivity contribution is -0.136. The Labute approximate surface area is 185 Å². The minimum Gasteiger partial charge on any atom is -0.493 e. The zero-order valence-electron chi connectivity index (χ0n) is 18.4. The van der Waals surface area contributed by atoms with E-state index >= 15 is 0 Å². The van der Waals surface area contributed by atoms with Crippen LogP contribution in [0, 0.1) is 0 Å². The number of nitrogens with one attached hydrogen (secondary N) is 1. The monoisotopic (exact) mass is 440 g/mol. The van der Waals surface area contributed by atoms with Crippen molar-refractivity contribution in [3.05, 3.63) is 64.9 Å². The maximum absolute atomic E-state index is 13.4. The van der Waals surface area contributed by atoms with Crippen molar-refractivity contribution < 1.29 is 33.3 Å². The second kappa shape index (κ2) is 9.42. The summed E-state index contributed by atoms with van der Waals surface area (Å²) in [6.07, 6.45) is 0. The van der Waals surface area contributed by atoms with E-state index in [0.717, 1.165) is 4.90 Å². The zero-order valence-corrected chi connectivity index (χ0v) is 18.4. The molecule has 32 heavy (non-hydrogen) atoms. The molecule has 0 fully saturated rings. The van der Waals surface area contributed by atoms with Gasteiger partial charge in [-0.1, -0.05) is 18.2 Å². The lowest BCUT2D eigenvalue weighted by atomic mass is 9.92. The number of esters is 1. The largest absolute Gasteiger partial charge is 0.493 e. The standard InChI is InChI=1S/C23H24N2O7/c1-13-18(22(27)32-5)19(15-11-16(29-2)20(31-4)17(12-15)30-3)25(23(28)24-13)21(26)14-9-7-6-8-10-14/h6-12,19H,1-5H3,(H,24,28). The van der Waals surface area contributed by atoms with Crippen molar-refractivity contribution >= 4 is 17.9 Å². The molecular weight excluding hydrogens is 416 g/mol. The highest BCUT2D eigenvalue weighted by atomic mass is 16.5. The third kappa shape index (κ3) is 3.96. The van der Waals surface area contributed by atoms with Crippen LogP contribution in [0.3, 0.4) is 0 Å². The molecule has 0 bridgehead atoms. The second-order valence-corrected chi connectivity index (χ2v) is 6.86. The normalized spacial score (nSPS) is 15.7. The van der Waals surface area contributed by atoms with Gasteiger partial charge < -0.3 is 24.3 Å². The third-order valence-electron chi connectivity index (χ3n) is 5.10. The summed E-state index contributed by atoms with van der Waals surface area (Å²) in [4.78, 5) is 40.1. The Morgan fingerprint density at radius 3 is 2.03 bits per heavy atom. The molecule has 0 aromatic heterocycles. The van der Waals surface area contributed by atoms with Crippen LogP contribution in [0.1, 0.15) is 28.9 Å². The van der Waals surface area contributed by atoms with Crippen molar-refractivity contribution in [2.45, 2.75) is 13.0 Å². The number of carbonyl (C=O) groups excluding carboxylic acids is 3. The van der Waals surface area contributed by atoms with Gasteiger partial charge in [-0.15, -0.1) is 0 Å². The lowest BCUT2D eigenvalue weighted by Gasteiger charge is -2.36. The van der Waals surface area contributed by atoms with E-state index in [1.165, 1.54) is 28.4 Å². The first-order chi connectivity index (χ1) is 15.4. The average Bonchev–Trinajstić information content (AvgIpc) is 2.82. The van der Waals surface area contributed by atoms with E-state index < -0.39 is 23.9 Å². The molecule has 168 valence electrons. The van der Waals surface area contributed by atoms with Crippen LogP contribution in [0.2, 0.25) is 0 Å². The molecule has 1 unspecified atom stereocenters. The maximum atomic E-state index is 13.4. The summed E-state index contributed by atoms with van der Waals surface area (Å²) in [7, 11) is 5.59. The van der Waals surface area contributed by atoms with Gasteiger partial charge >= 0.3 is 12.0 Å². The minimum atomic E-state index is -1.10. The van der Waals surface area contributed by atoms with Gasteiger partial charge in [-0.3, -0.25) is 4.79 Å². The van der Waals surface area contributed by atoms with Gasteiger partial charge in [-0.25, -0.2) is 14.5 Å². The number of carbonyl (C=O) groups is 3. The molecule has 3 rings (SSSR count). The minimum absolute atomic E-state index is 0.102. The predicted octanol–water partition coefficient (Wildman–Crippen LogP) is 3.07. The molecule has 1 N–H and O–H groups in total. The van der Waals surface area contributed by atoms with E-state index in [0.29, 0.717) is 22.8 Å². The van der Waals surface area contributed by atoms with Gasteiger partial charge in [0.2, 0.25) is 5.75 Å². The summed E-state index contributed by atoms with van der Waals surface area (Å²) in [5, 5.41) is 2.58. The van der Waals surface area contributed by atoms with Crippen LogP contribution in [0.4, 0.5) is 4.79 Å². The molecular formula is C23H24N2O7. The summed E-state index contributed by atoms with van der Waals surface area (Å²) >= 11 is 0. The second-order valence-electron chi connectivity index (χ2n) is 6.86. The number of rotatable bonds is 6. The molecule has 0 spiro atoms. The van der Waals surface area contributed by atoms with Gasteiger partial charge in [0.1, 0.15) is 6.04 Å². The van der Waals surface area contributed by atoms with E-state index in [4.69, 9.17) is 18.9 Å². The smallest absolute Gasteiger partial charge is 0.337 e. The Kier molecular flexibility index (Phi) is 6.67. The SMILES string of the molecule is COC(=O)C1=C(C)NC(=O)N(C(=O)c2ccccc2)C1c1cc(OC)c(OC)c(OC)c1. The summed E-state index contributed by atoms with van der Waals surface area (Å²) in [5.74, 6) is -0.327. The molecule has 9 nitrogen and oxygen atoms in total. The van der Waals surface area contributed by atoms with Gasteiger partial charge in [0.15, 0.2) is 11.5 Å². The number of imide groups is 1. The maximum Gasteiger partial charge on any atom is 0.337 e. The first-order valence-corrected chi connectivity index (χ1v) is 9.66. The van der Waals surface area contributed by atoms with Gasteiger partial charge in [-0.05, 0) is 36.8 Å². The topological polar surface area (TPSA) is 103 Å². The fourth-order valence-corrected chi connectivity index (χ4v) is 3.62. The number of methoxy groups -OCH3 is 4. The number of urea groups is 1. The first kappa shape index (κ1) is 22.7. The number of benzene rings is 2. The summed E-state index contributed by atoms with van der Waals surface area (Å²) in [5.41, 5.74) is 1.06. The molecule has 0 saturated carbocycles. The summed E-state index contributed by atoms with van der Waals surface area (Å²) < 4.78 is 21.2. The van der Waals surface area contributed by atoms with Crippen LogP contribution in [-0.4, -0.2) is 51.2 Å². The van der Waals surface area contributed by atoms with Crippen molar-refractivity contribution in [1.82, 2.24) is 10.2 Å². The molecule has 0 radical (unpaired) electrons. The lowest BCUT2D eigenvalue weighted by Crippen LogP contribution is -2.51. The van der Waals surface area contributed by atoms with E-state index in [1.807, 2.05) is 0 Å². The number of allylic oxidation sites excluding steroid dienone is 1. The Hall–Kier alpha value is -4.01. The fourth-order valence-electron chi connectivity index (χ4n) is 3.62. The van der Waals surface area contributed by atoms with Crippen LogP contribution in [0.5, 0.6) is 17.2 Å². The van der Waals surface area contributed by atoms with Crippen molar-refractivity contribution in [3.8, 4) is 17.2 Å². The van der Waals surface area contributed by atoms with E-state index in [1.54, 1.807) is 49.4 Å². The molecule has 3 amide bonds. The van der Waals surface area contributed by atoms with Crippen LogP contribution in [0.25, 0.3) is 0 Å². The van der Waals surface area contributed by atoms with Gasteiger partial charge in [0.25, 0.3) is 5.91 Å². The zero-order chi connectivity index (χ0) is 23.4. The van der Waals surface area contributed by atoms with Gasteiger partial charge in [-0.2, -0.15) is 0 Å². The highest BCUT2D eigenvalue weighted by Gasteiger charge is 2.42. The van der Waals surface area contributed by atoms with Crippen molar-refractivity contribution in [1.29, 1.82) is 0 Å². The van der Waals surface area contributed by atoms with Crippen LogP contribution in [-0.2, 0) is 9.53 Å². The Bertz CT molecular complexity index is 1050. The van der Waals surface area contributed by atoms with Crippen molar-refractivity contribution in [2.24, 2.45) is 0 Å². The van der Waals surface area contributed by atoms with Gasteiger partial charge in [0.05, 0.1) is 34.0 Å². The first-order valence-electron chi connectivity index (χ1n) is 9.66. The van der Waals surface area contributed by atoms with Crippen molar-refractivity contribution in [2.75, 3.05) is 28.4 Å². The Morgan fingerprint density at radius 1 is 0.938 bits per heavy atom. The molecule has 2 aromatic carbocycles. The summed E-state index contributed by atoms with van der Waals surface area (Å²) in [6, 6.07) is 9.71. The third-order valence-corrected chi connectivity index (χ3v) is 5.10. The van der Waals surface area contributed by atoms with E-state index in [2.05, 4.69) is 5.32 Å². The van der Waals surface area contributed by atoms with Crippen molar-refractivity contribution in [3.63, 3.8) is 0 Å². The molecule has 1 aliphatic rings. The molecule has 1 aliphatic heterocycles. The molecule has 2 aromatic rings. The van der Waals surface area contributed by atoms with E-state index in [9.17, 15) is 14.4 Å². The van der Waals surface area contributed by atoms with Crippen LogP contribution < -0.4 is 19.5 Å². The molecule has 1 atom stereocenters. The molecule has 9 heteroatoms. The average molecular weight is 440 g/mol.